The number of piperidine rings is 1. The van der Waals surface area contributed by atoms with Gasteiger partial charge in [0.25, 0.3) is 0 Å². The lowest BCUT2D eigenvalue weighted by Crippen LogP contribution is -2.41. The molecule has 0 aliphatic carbocycles. The van der Waals surface area contributed by atoms with Crippen molar-refractivity contribution in [3.05, 3.63) is 22.8 Å². The first-order chi connectivity index (χ1) is 9.47. The number of aromatic nitrogens is 1. The molecule has 2 rings (SSSR count). The normalized spacial score (nSPS) is 16.0. The molecule has 1 aliphatic heterocycles. The lowest BCUT2D eigenvalue weighted by Gasteiger charge is -2.32. The number of halogens is 1. The summed E-state index contributed by atoms with van der Waals surface area (Å²) in [5.41, 5.74) is 0.0327. The Morgan fingerprint density at radius 2 is 2.10 bits per heavy atom. The number of carbonyl (C=O) groups is 2. The number of pyridine rings is 1. The van der Waals surface area contributed by atoms with Gasteiger partial charge in [0.15, 0.2) is 0 Å². The number of hydrogen-bond donors (Lipinski definition) is 2. The van der Waals surface area contributed by atoms with Gasteiger partial charge in [-0.3, -0.25) is 4.79 Å². The molecular weight excluding hydrogens is 282 g/mol. The zero-order valence-corrected chi connectivity index (χ0v) is 11.9. The summed E-state index contributed by atoms with van der Waals surface area (Å²) in [6.07, 6.45) is 2.95. The first kappa shape index (κ1) is 14.6. The molecule has 1 saturated heterocycles. The van der Waals surface area contributed by atoms with E-state index in [4.69, 9.17) is 16.7 Å². The Kier molecular flexibility index (Phi) is 4.44. The molecule has 6 nitrogen and oxygen atoms in total. The molecule has 0 atom stereocenters. The molecule has 1 amide bonds. The Morgan fingerprint density at radius 1 is 1.45 bits per heavy atom. The molecule has 0 unspecified atom stereocenters. The SMILES string of the molecule is CC(=O)N1CCC(Nc2cc(C(=O)O)c(Cl)cn2)CC1. The summed E-state index contributed by atoms with van der Waals surface area (Å²) in [4.78, 5) is 28.1. The molecule has 1 aromatic heterocycles. The van der Waals surface area contributed by atoms with Gasteiger partial charge in [-0.05, 0) is 18.9 Å². The van der Waals surface area contributed by atoms with Gasteiger partial charge in [0, 0.05) is 32.3 Å². The van der Waals surface area contributed by atoms with Crippen LogP contribution in [0.3, 0.4) is 0 Å². The molecule has 7 heteroatoms. The van der Waals surface area contributed by atoms with Gasteiger partial charge in [-0.15, -0.1) is 0 Å². The highest BCUT2D eigenvalue weighted by Crippen LogP contribution is 2.20. The van der Waals surface area contributed by atoms with Crippen LogP contribution in [0.25, 0.3) is 0 Å². The Labute approximate surface area is 121 Å². The van der Waals surface area contributed by atoms with E-state index in [-0.39, 0.29) is 22.5 Å². The molecule has 0 aromatic carbocycles. The highest BCUT2D eigenvalue weighted by Gasteiger charge is 2.21. The number of rotatable bonds is 3. The van der Waals surface area contributed by atoms with Crippen molar-refractivity contribution in [1.29, 1.82) is 0 Å². The minimum Gasteiger partial charge on any atom is -0.478 e. The third-order valence-electron chi connectivity index (χ3n) is 3.38. The predicted molar refractivity (Wildman–Crippen MR) is 75.1 cm³/mol. The summed E-state index contributed by atoms with van der Waals surface area (Å²) in [6.45, 7) is 2.96. The standard InChI is InChI=1S/C13H16ClN3O3/c1-8(18)17-4-2-9(3-5-17)16-12-6-10(13(19)20)11(14)7-15-12/h6-7,9H,2-5H2,1H3,(H,15,16)(H,19,20). The van der Waals surface area contributed by atoms with E-state index in [9.17, 15) is 9.59 Å². The number of carboxylic acids is 1. The van der Waals surface area contributed by atoms with Crippen LogP contribution in [-0.2, 0) is 4.79 Å². The van der Waals surface area contributed by atoms with Crippen molar-refractivity contribution in [2.75, 3.05) is 18.4 Å². The van der Waals surface area contributed by atoms with E-state index in [1.807, 2.05) is 0 Å². The predicted octanol–water partition coefficient (Wildman–Crippen LogP) is 1.86. The van der Waals surface area contributed by atoms with Crippen LogP contribution in [0.15, 0.2) is 12.3 Å². The fourth-order valence-electron chi connectivity index (χ4n) is 2.23. The monoisotopic (exact) mass is 297 g/mol. The van der Waals surface area contributed by atoms with Crippen LogP contribution < -0.4 is 5.32 Å². The minimum absolute atomic E-state index is 0.0327. The van der Waals surface area contributed by atoms with Crippen molar-refractivity contribution in [2.45, 2.75) is 25.8 Å². The van der Waals surface area contributed by atoms with Crippen molar-refractivity contribution < 1.29 is 14.7 Å². The quantitative estimate of drug-likeness (QED) is 0.890. The second kappa shape index (κ2) is 6.09. The third-order valence-corrected chi connectivity index (χ3v) is 3.68. The van der Waals surface area contributed by atoms with Crippen LogP contribution in [-0.4, -0.2) is 46.0 Å². The van der Waals surface area contributed by atoms with Crippen LogP contribution in [0.2, 0.25) is 5.02 Å². The highest BCUT2D eigenvalue weighted by molar-refractivity contribution is 6.33. The molecule has 0 spiro atoms. The van der Waals surface area contributed by atoms with E-state index >= 15 is 0 Å². The van der Waals surface area contributed by atoms with Crippen LogP contribution >= 0.6 is 11.6 Å². The molecule has 1 aliphatic rings. The fraction of sp³-hybridized carbons (Fsp3) is 0.462. The van der Waals surface area contributed by atoms with Gasteiger partial charge >= 0.3 is 5.97 Å². The molecule has 1 aromatic rings. The maximum absolute atomic E-state index is 11.2. The lowest BCUT2D eigenvalue weighted by molar-refractivity contribution is -0.129. The van der Waals surface area contributed by atoms with Crippen LogP contribution in [0.1, 0.15) is 30.1 Å². The van der Waals surface area contributed by atoms with E-state index in [0.717, 1.165) is 12.8 Å². The average molecular weight is 298 g/mol. The number of nitrogens with zero attached hydrogens (tertiary/aromatic N) is 2. The Hall–Kier alpha value is -1.82. The highest BCUT2D eigenvalue weighted by atomic mass is 35.5. The lowest BCUT2D eigenvalue weighted by atomic mass is 10.0. The molecule has 1 fully saturated rings. The summed E-state index contributed by atoms with van der Waals surface area (Å²) in [6, 6.07) is 1.61. The number of aromatic carboxylic acids is 1. The first-order valence-electron chi connectivity index (χ1n) is 6.38. The molecule has 2 heterocycles. The van der Waals surface area contributed by atoms with Gasteiger partial charge in [0.05, 0.1) is 10.6 Å². The topological polar surface area (TPSA) is 82.5 Å². The van der Waals surface area contributed by atoms with Crippen LogP contribution in [0, 0.1) is 0 Å². The molecule has 2 N–H and O–H groups in total. The number of hydrogen-bond acceptors (Lipinski definition) is 4. The van der Waals surface area contributed by atoms with Crippen molar-refractivity contribution in [1.82, 2.24) is 9.88 Å². The number of amides is 1. The van der Waals surface area contributed by atoms with Gasteiger partial charge in [-0.1, -0.05) is 11.6 Å². The molecule has 0 saturated carbocycles. The minimum atomic E-state index is -1.08. The number of carbonyl (C=O) groups excluding carboxylic acids is 1. The summed E-state index contributed by atoms with van der Waals surface area (Å²) >= 11 is 5.77. The molecule has 108 valence electrons. The van der Waals surface area contributed by atoms with E-state index in [1.54, 1.807) is 11.8 Å². The summed E-state index contributed by atoms with van der Waals surface area (Å²) in [5, 5.41) is 12.3. The number of carboxylic acid groups (broad SMARTS) is 1. The van der Waals surface area contributed by atoms with Crippen molar-refractivity contribution >= 4 is 29.3 Å². The molecule has 20 heavy (non-hydrogen) atoms. The smallest absolute Gasteiger partial charge is 0.337 e. The number of likely N-dealkylation sites (tertiary alicyclic amines) is 1. The Bertz CT molecular complexity index is 528. The van der Waals surface area contributed by atoms with Gasteiger partial charge in [0.1, 0.15) is 5.82 Å². The van der Waals surface area contributed by atoms with Crippen molar-refractivity contribution in [2.24, 2.45) is 0 Å². The van der Waals surface area contributed by atoms with Crippen LogP contribution in [0.4, 0.5) is 5.82 Å². The Morgan fingerprint density at radius 3 is 2.65 bits per heavy atom. The summed E-state index contributed by atoms with van der Waals surface area (Å²) in [7, 11) is 0. The van der Waals surface area contributed by atoms with Crippen molar-refractivity contribution in [3.63, 3.8) is 0 Å². The summed E-state index contributed by atoms with van der Waals surface area (Å²) in [5.74, 6) is -0.499. The van der Waals surface area contributed by atoms with E-state index in [2.05, 4.69) is 10.3 Å². The van der Waals surface area contributed by atoms with Crippen molar-refractivity contribution in [3.8, 4) is 0 Å². The van der Waals surface area contributed by atoms with E-state index < -0.39 is 5.97 Å². The zero-order chi connectivity index (χ0) is 14.7. The molecule has 0 bridgehead atoms. The molecular formula is C13H16ClN3O3. The van der Waals surface area contributed by atoms with Crippen LogP contribution in [0.5, 0.6) is 0 Å². The third kappa shape index (κ3) is 3.39. The maximum atomic E-state index is 11.2. The average Bonchev–Trinajstić information content (AvgIpc) is 2.41. The second-order valence-corrected chi connectivity index (χ2v) is 5.19. The summed E-state index contributed by atoms with van der Waals surface area (Å²) < 4.78 is 0. The number of nitrogens with one attached hydrogen (secondary N) is 1. The van der Waals surface area contributed by atoms with Gasteiger partial charge < -0.3 is 15.3 Å². The van der Waals surface area contributed by atoms with Gasteiger partial charge in [-0.2, -0.15) is 0 Å². The zero-order valence-electron chi connectivity index (χ0n) is 11.1. The van der Waals surface area contributed by atoms with E-state index in [1.165, 1.54) is 12.3 Å². The largest absolute Gasteiger partial charge is 0.478 e. The fourth-order valence-corrected chi connectivity index (χ4v) is 2.41. The Balaban J connectivity index is 1.99. The first-order valence-corrected chi connectivity index (χ1v) is 6.76. The van der Waals surface area contributed by atoms with Gasteiger partial charge in [0.2, 0.25) is 5.91 Å². The van der Waals surface area contributed by atoms with E-state index in [0.29, 0.717) is 18.9 Å². The maximum Gasteiger partial charge on any atom is 0.337 e. The van der Waals surface area contributed by atoms with Gasteiger partial charge in [-0.25, -0.2) is 9.78 Å². The number of anilines is 1. The second-order valence-electron chi connectivity index (χ2n) is 4.78. The molecule has 0 radical (unpaired) electrons.